The summed E-state index contributed by atoms with van der Waals surface area (Å²) in [5.74, 6) is 1.58. The van der Waals surface area contributed by atoms with Crippen molar-refractivity contribution < 1.29 is 18.7 Å². The fourth-order valence-corrected chi connectivity index (χ4v) is 3.08. The summed E-state index contributed by atoms with van der Waals surface area (Å²) in [7, 11) is 1.58. The molecule has 0 saturated heterocycles. The second kappa shape index (κ2) is 9.80. The minimum absolute atomic E-state index is 0.115. The number of carbonyl (C=O) groups is 1. The lowest BCUT2D eigenvalue weighted by Gasteiger charge is -2.08. The van der Waals surface area contributed by atoms with Crippen LogP contribution in [0.4, 0.5) is 5.69 Å². The fourth-order valence-electron chi connectivity index (χ4n) is 2.50. The first-order chi connectivity index (χ1) is 13.7. The molecule has 1 heterocycles. The largest absolute Gasteiger partial charge is 0.493 e. The lowest BCUT2D eigenvalue weighted by atomic mass is 10.1. The van der Waals surface area contributed by atoms with Crippen molar-refractivity contribution in [2.24, 2.45) is 0 Å². The molecule has 0 unspecified atom stereocenters. The van der Waals surface area contributed by atoms with Gasteiger partial charge in [0, 0.05) is 5.69 Å². The van der Waals surface area contributed by atoms with Gasteiger partial charge >= 0.3 is 0 Å². The van der Waals surface area contributed by atoms with Crippen molar-refractivity contribution in [3.63, 3.8) is 0 Å². The van der Waals surface area contributed by atoms with Crippen molar-refractivity contribution >= 4 is 23.4 Å². The summed E-state index contributed by atoms with van der Waals surface area (Å²) in [5.41, 5.74) is 1.92. The van der Waals surface area contributed by atoms with Crippen LogP contribution in [0, 0.1) is 0 Å². The first-order valence-electron chi connectivity index (χ1n) is 8.78. The number of benzene rings is 2. The van der Waals surface area contributed by atoms with Crippen molar-refractivity contribution in [2.75, 3.05) is 18.2 Å². The molecule has 1 N–H and O–H groups in total. The Kier molecular flexibility index (Phi) is 6.91. The summed E-state index contributed by atoms with van der Waals surface area (Å²) in [6, 6.07) is 15.0. The lowest BCUT2D eigenvalue weighted by molar-refractivity contribution is -0.113. The van der Waals surface area contributed by atoms with E-state index in [1.165, 1.54) is 11.8 Å². The Hall–Kier alpha value is -3.00. The van der Waals surface area contributed by atoms with Crippen LogP contribution in [0.15, 0.2) is 58.2 Å². The maximum Gasteiger partial charge on any atom is 0.277 e. The number of ether oxygens (including phenoxy) is 2. The third kappa shape index (κ3) is 5.26. The van der Waals surface area contributed by atoms with Gasteiger partial charge in [-0.3, -0.25) is 4.79 Å². The summed E-state index contributed by atoms with van der Waals surface area (Å²) < 4.78 is 16.4. The molecule has 0 aliphatic rings. The molecule has 1 amide bonds. The van der Waals surface area contributed by atoms with Crippen molar-refractivity contribution in [3.05, 3.63) is 60.0 Å². The van der Waals surface area contributed by atoms with E-state index >= 15 is 0 Å². The van der Waals surface area contributed by atoms with E-state index in [-0.39, 0.29) is 18.3 Å². The van der Waals surface area contributed by atoms with E-state index in [9.17, 15) is 4.79 Å². The topological polar surface area (TPSA) is 86.5 Å². The van der Waals surface area contributed by atoms with Gasteiger partial charge in [0.1, 0.15) is 0 Å². The minimum atomic E-state index is -0.129. The highest BCUT2D eigenvalue weighted by Crippen LogP contribution is 2.27. The highest BCUT2D eigenvalue weighted by molar-refractivity contribution is 7.99. The van der Waals surface area contributed by atoms with Crippen molar-refractivity contribution in [1.29, 1.82) is 0 Å². The summed E-state index contributed by atoms with van der Waals surface area (Å²) in [6.45, 7) is 2.16. The fraction of sp³-hybridized carbons (Fsp3) is 0.250. The highest BCUT2D eigenvalue weighted by Gasteiger charge is 2.12. The number of carbonyl (C=O) groups excluding carboxylic acids is 1. The summed E-state index contributed by atoms with van der Waals surface area (Å²) in [4.78, 5) is 12.2. The van der Waals surface area contributed by atoms with Crippen LogP contribution in [-0.2, 0) is 17.8 Å². The van der Waals surface area contributed by atoms with E-state index < -0.39 is 0 Å². The molecule has 8 heteroatoms. The van der Waals surface area contributed by atoms with Crippen LogP contribution >= 0.6 is 11.8 Å². The van der Waals surface area contributed by atoms with Crippen molar-refractivity contribution in [3.8, 4) is 11.5 Å². The maximum absolute atomic E-state index is 12.2. The van der Waals surface area contributed by atoms with Crippen LogP contribution < -0.4 is 14.8 Å². The molecular formula is C20H21N3O4S. The monoisotopic (exact) mass is 399 g/mol. The van der Waals surface area contributed by atoms with E-state index in [4.69, 9.17) is 13.9 Å². The maximum atomic E-state index is 12.2. The van der Waals surface area contributed by atoms with Gasteiger partial charge < -0.3 is 19.2 Å². The third-order valence-electron chi connectivity index (χ3n) is 3.87. The van der Waals surface area contributed by atoms with E-state index in [1.807, 2.05) is 43.3 Å². The number of aromatic nitrogens is 2. The second-order valence-electron chi connectivity index (χ2n) is 5.75. The van der Waals surface area contributed by atoms with Crippen LogP contribution in [0.1, 0.15) is 18.4 Å². The molecule has 146 valence electrons. The Labute approximate surface area is 167 Å². The molecular weight excluding hydrogens is 378 g/mol. The molecule has 0 bridgehead atoms. The summed E-state index contributed by atoms with van der Waals surface area (Å²) in [6.07, 6.45) is 0.850. The number of amides is 1. The van der Waals surface area contributed by atoms with Crippen LogP contribution in [0.2, 0.25) is 0 Å². The molecule has 2 aromatic carbocycles. The van der Waals surface area contributed by atoms with Gasteiger partial charge in [0.2, 0.25) is 5.91 Å². The number of aryl methyl sites for hydroxylation is 1. The summed E-state index contributed by atoms with van der Waals surface area (Å²) >= 11 is 1.18. The van der Waals surface area contributed by atoms with Gasteiger partial charge in [0.25, 0.3) is 11.1 Å². The second-order valence-corrected chi connectivity index (χ2v) is 6.68. The quantitative estimate of drug-likeness (QED) is 0.545. The number of rotatable bonds is 9. The summed E-state index contributed by atoms with van der Waals surface area (Å²) in [5, 5.41) is 11.1. The highest BCUT2D eigenvalue weighted by atomic mass is 32.2. The molecule has 0 fully saturated rings. The Morgan fingerprint density at radius 2 is 1.86 bits per heavy atom. The number of methoxy groups -OCH3 is 1. The zero-order chi connectivity index (χ0) is 19.8. The van der Waals surface area contributed by atoms with E-state index in [2.05, 4.69) is 15.5 Å². The normalized spacial score (nSPS) is 10.5. The van der Waals surface area contributed by atoms with E-state index in [0.717, 1.165) is 17.7 Å². The predicted molar refractivity (Wildman–Crippen MR) is 107 cm³/mol. The van der Waals surface area contributed by atoms with Crippen LogP contribution in [-0.4, -0.2) is 29.0 Å². The first kappa shape index (κ1) is 19.8. The Morgan fingerprint density at radius 1 is 1.11 bits per heavy atom. The van der Waals surface area contributed by atoms with E-state index in [0.29, 0.717) is 22.6 Å². The van der Waals surface area contributed by atoms with E-state index in [1.54, 1.807) is 19.2 Å². The molecule has 0 atom stereocenters. The first-order valence-corrected chi connectivity index (χ1v) is 9.77. The van der Waals surface area contributed by atoms with Crippen LogP contribution in [0.5, 0.6) is 11.5 Å². The standard InChI is InChI=1S/C20H21N3O4S/c1-3-14-8-4-5-9-15(14)21-18(24)13-28-20-23-22-19(27-20)12-26-17-11-7-6-10-16(17)25-2/h4-11H,3,12-13H2,1-2H3,(H,21,24). The number of anilines is 1. The molecule has 0 aliphatic heterocycles. The SMILES string of the molecule is CCc1ccccc1NC(=O)CSc1nnc(COc2ccccc2OC)o1. The van der Waals surface area contributed by atoms with Crippen molar-refractivity contribution in [1.82, 2.24) is 10.2 Å². The number of hydrogen-bond acceptors (Lipinski definition) is 7. The number of hydrogen-bond donors (Lipinski definition) is 1. The molecule has 0 aliphatic carbocycles. The van der Waals surface area contributed by atoms with Gasteiger partial charge in [-0.15, -0.1) is 10.2 Å². The average molecular weight is 399 g/mol. The third-order valence-corrected chi connectivity index (χ3v) is 4.69. The number of nitrogens with zero attached hydrogens (tertiary/aromatic N) is 2. The Bertz CT molecular complexity index is 929. The lowest BCUT2D eigenvalue weighted by Crippen LogP contribution is -2.15. The molecule has 0 saturated carbocycles. The van der Waals surface area contributed by atoms with Gasteiger partial charge in [-0.1, -0.05) is 49.0 Å². The molecule has 0 spiro atoms. The van der Waals surface area contributed by atoms with Crippen LogP contribution in [0.25, 0.3) is 0 Å². The van der Waals surface area contributed by atoms with Gasteiger partial charge in [-0.05, 0) is 30.2 Å². The van der Waals surface area contributed by atoms with Gasteiger partial charge in [0.15, 0.2) is 18.1 Å². The molecule has 1 aromatic heterocycles. The molecule has 7 nitrogen and oxygen atoms in total. The average Bonchev–Trinajstić information content (AvgIpc) is 3.19. The van der Waals surface area contributed by atoms with Gasteiger partial charge in [-0.25, -0.2) is 0 Å². The number of nitrogens with one attached hydrogen (secondary N) is 1. The van der Waals surface area contributed by atoms with Crippen LogP contribution in [0.3, 0.4) is 0 Å². The van der Waals surface area contributed by atoms with Gasteiger partial charge in [0.05, 0.1) is 12.9 Å². The number of thioether (sulfide) groups is 1. The Balaban J connectivity index is 1.50. The number of para-hydroxylation sites is 3. The zero-order valence-electron chi connectivity index (χ0n) is 15.7. The predicted octanol–water partition coefficient (Wildman–Crippen LogP) is 3.95. The zero-order valence-corrected chi connectivity index (χ0v) is 16.5. The molecule has 0 radical (unpaired) electrons. The smallest absolute Gasteiger partial charge is 0.277 e. The van der Waals surface area contributed by atoms with Crippen molar-refractivity contribution in [2.45, 2.75) is 25.2 Å². The minimum Gasteiger partial charge on any atom is -0.493 e. The van der Waals surface area contributed by atoms with Gasteiger partial charge in [-0.2, -0.15) is 0 Å². The Morgan fingerprint density at radius 3 is 2.64 bits per heavy atom. The molecule has 3 rings (SSSR count). The molecule has 28 heavy (non-hydrogen) atoms. The molecule has 3 aromatic rings.